The van der Waals surface area contributed by atoms with E-state index in [0.29, 0.717) is 6.61 Å². The Morgan fingerprint density at radius 2 is 1.91 bits per heavy atom. The highest BCUT2D eigenvalue weighted by molar-refractivity contribution is 14.1. The Morgan fingerprint density at radius 3 is 2.55 bits per heavy atom. The third kappa shape index (κ3) is 10.6. The van der Waals surface area contributed by atoms with E-state index in [1.165, 1.54) is 19.3 Å². The average molecular weight is 273 g/mol. The van der Waals surface area contributed by atoms with Crippen molar-refractivity contribution in [2.75, 3.05) is 20.2 Å². The summed E-state index contributed by atoms with van der Waals surface area (Å²) in [6.07, 6.45) is 4.83. The second-order valence-corrected chi connectivity index (χ2v) is 2.76. The summed E-state index contributed by atoms with van der Waals surface area (Å²) in [6.45, 7) is 1.83. The van der Waals surface area contributed by atoms with E-state index in [1.54, 1.807) is 23.0 Å². The highest BCUT2D eigenvalue weighted by atomic mass is 127. The molecule has 68 valence electrons. The Hall–Kier alpha value is 0.610. The molecule has 0 rings (SSSR count). The molecule has 1 N–H and O–H groups in total. The first kappa shape index (κ1) is 11.6. The third-order valence-electron chi connectivity index (χ3n) is 1.45. The largest absolute Gasteiger partial charge is 0.320 e. The van der Waals surface area contributed by atoms with Crippen molar-refractivity contribution in [3.05, 3.63) is 0 Å². The van der Waals surface area contributed by atoms with Gasteiger partial charge in [-0.05, 0) is 26.4 Å². The molecule has 3 nitrogen and oxygen atoms in total. The number of nitrogens with one attached hydrogen (secondary N) is 1. The van der Waals surface area contributed by atoms with Crippen molar-refractivity contribution in [1.82, 2.24) is 5.32 Å². The quantitative estimate of drug-likeness (QED) is 0.318. The maximum Gasteiger partial charge on any atom is 0.155 e. The van der Waals surface area contributed by atoms with Gasteiger partial charge in [-0.3, -0.25) is 0 Å². The van der Waals surface area contributed by atoms with Crippen LogP contribution in [0.1, 0.15) is 25.7 Å². The molecule has 0 saturated heterocycles. The van der Waals surface area contributed by atoms with Crippen LogP contribution in [0.2, 0.25) is 0 Å². The molecule has 0 saturated carbocycles. The zero-order valence-corrected chi connectivity index (χ0v) is 9.09. The normalized spacial score (nSPS) is 10.4. The molecule has 0 aromatic carbocycles. The summed E-state index contributed by atoms with van der Waals surface area (Å²) in [7, 11) is 1.98. The highest BCUT2D eigenvalue weighted by Gasteiger charge is 1.89. The van der Waals surface area contributed by atoms with Gasteiger partial charge in [0.2, 0.25) is 0 Å². The lowest BCUT2D eigenvalue weighted by molar-refractivity contribution is -0.166. The molecule has 0 aliphatic rings. The van der Waals surface area contributed by atoms with Crippen molar-refractivity contribution in [3.63, 3.8) is 0 Å². The summed E-state index contributed by atoms with van der Waals surface area (Å²) in [5.41, 5.74) is 0. The van der Waals surface area contributed by atoms with E-state index in [9.17, 15) is 0 Å². The fraction of sp³-hybridized carbons (Fsp3) is 1.00. The number of rotatable bonds is 8. The summed E-state index contributed by atoms with van der Waals surface area (Å²) in [6, 6.07) is 0. The fourth-order valence-electron chi connectivity index (χ4n) is 0.848. The molecule has 0 spiro atoms. The van der Waals surface area contributed by atoms with E-state index in [-0.39, 0.29) is 0 Å². The lowest BCUT2D eigenvalue weighted by Crippen LogP contribution is -2.07. The first-order valence-electron chi connectivity index (χ1n) is 3.96. The van der Waals surface area contributed by atoms with E-state index in [0.717, 1.165) is 13.0 Å². The van der Waals surface area contributed by atoms with E-state index in [4.69, 9.17) is 4.89 Å². The first-order valence-corrected chi connectivity index (χ1v) is 4.84. The van der Waals surface area contributed by atoms with Crippen LogP contribution in [0.4, 0.5) is 0 Å². The van der Waals surface area contributed by atoms with Gasteiger partial charge < -0.3 is 5.32 Å². The zero-order valence-electron chi connectivity index (χ0n) is 6.94. The van der Waals surface area contributed by atoms with Crippen molar-refractivity contribution >= 4 is 23.0 Å². The van der Waals surface area contributed by atoms with Crippen LogP contribution in [0, 0.1) is 0 Å². The number of hydrogen-bond acceptors (Lipinski definition) is 3. The Labute approximate surface area is 82.4 Å². The van der Waals surface area contributed by atoms with Gasteiger partial charge in [0.15, 0.2) is 23.0 Å². The highest BCUT2D eigenvalue weighted by Crippen LogP contribution is 2.00. The van der Waals surface area contributed by atoms with E-state index in [1.807, 2.05) is 7.05 Å². The molecule has 0 atom stereocenters. The molecule has 0 fully saturated rings. The van der Waals surface area contributed by atoms with E-state index in [2.05, 4.69) is 8.53 Å². The topological polar surface area (TPSA) is 30.5 Å². The molecule has 0 radical (unpaired) electrons. The average Bonchev–Trinajstić information content (AvgIpc) is 2.03. The van der Waals surface area contributed by atoms with E-state index < -0.39 is 0 Å². The lowest BCUT2D eigenvalue weighted by atomic mass is 10.2. The van der Waals surface area contributed by atoms with Gasteiger partial charge in [0.25, 0.3) is 0 Å². The molecule has 4 heteroatoms. The van der Waals surface area contributed by atoms with Gasteiger partial charge in [0, 0.05) is 0 Å². The minimum atomic E-state index is 0.711. The van der Waals surface area contributed by atoms with Crippen LogP contribution in [-0.4, -0.2) is 20.2 Å². The minimum absolute atomic E-state index is 0.711. The summed E-state index contributed by atoms with van der Waals surface area (Å²) in [5.74, 6) is 0. The first-order chi connectivity index (χ1) is 5.41. The van der Waals surface area contributed by atoms with Crippen LogP contribution in [0.15, 0.2) is 0 Å². The van der Waals surface area contributed by atoms with Crippen molar-refractivity contribution in [3.8, 4) is 0 Å². The molecular formula is C7H16INO2. The zero-order chi connectivity index (χ0) is 8.36. The van der Waals surface area contributed by atoms with Gasteiger partial charge in [-0.15, -0.1) is 0 Å². The summed E-state index contributed by atoms with van der Waals surface area (Å²) >= 11 is 1.73. The summed E-state index contributed by atoms with van der Waals surface area (Å²) < 4.78 is 4.43. The van der Waals surface area contributed by atoms with E-state index >= 15 is 0 Å². The SMILES string of the molecule is CNCCCCCCOOI. The van der Waals surface area contributed by atoms with Gasteiger partial charge in [0.05, 0.1) is 6.61 Å². The predicted molar refractivity (Wildman–Crippen MR) is 53.5 cm³/mol. The number of halogens is 1. The molecule has 0 aliphatic heterocycles. The lowest BCUT2D eigenvalue weighted by Gasteiger charge is -1.99. The predicted octanol–water partition coefficient (Wildman–Crippen LogP) is 2.06. The smallest absolute Gasteiger partial charge is 0.155 e. The van der Waals surface area contributed by atoms with Gasteiger partial charge in [-0.2, -0.15) is 3.22 Å². The molecule has 0 unspecified atom stereocenters. The van der Waals surface area contributed by atoms with Crippen LogP contribution in [0.3, 0.4) is 0 Å². The van der Waals surface area contributed by atoms with Crippen LogP contribution in [0.25, 0.3) is 0 Å². The standard InChI is InChI=1S/C7H16INO2/c1-9-6-4-2-3-5-7-10-11-8/h9H,2-7H2,1H3. The fourth-order valence-corrected chi connectivity index (χ4v) is 1.03. The second kappa shape index (κ2) is 10.6. The van der Waals surface area contributed by atoms with Gasteiger partial charge in [-0.25, -0.2) is 4.89 Å². The molecule has 0 heterocycles. The van der Waals surface area contributed by atoms with Crippen molar-refractivity contribution in [2.24, 2.45) is 0 Å². The molecule has 0 aromatic rings. The molecule has 11 heavy (non-hydrogen) atoms. The molecular weight excluding hydrogens is 257 g/mol. The van der Waals surface area contributed by atoms with Gasteiger partial charge in [0.1, 0.15) is 0 Å². The van der Waals surface area contributed by atoms with Crippen LogP contribution < -0.4 is 5.32 Å². The maximum absolute atomic E-state index is 4.71. The number of unbranched alkanes of at least 4 members (excludes halogenated alkanes) is 3. The Balaban J connectivity index is 2.69. The Morgan fingerprint density at radius 1 is 1.18 bits per heavy atom. The van der Waals surface area contributed by atoms with Gasteiger partial charge in [-0.1, -0.05) is 12.8 Å². The monoisotopic (exact) mass is 273 g/mol. The number of hydrogen-bond donors (Lipinski definition) is 1. The molecule has 0 aliphatic carbocycles. The third-order valence-corrected chi connectivity index (χ3v) is 1.70. The second-order valence-electron chi connectivity index (χ2n) is 2.40. The summed E-state index contributed by atoms with van der Waals surface area (Å²) in [5, 5.41) is 3.11. The Kier molecular flexibility index (Phi) is 11.2. The van der Waals surface area contributed by atoms with Crippen molar-refractivity contribution in [2.45, 2.75) is 25.7 Å². The van der Waals surface area contributed by atoms with Crippen LogP contribution >= 0.6 is 23.0 Å². The Bertz CT molecular complexity index is 65.5. The molecule has 0 bridgehead atoms. The summed E-state index contributed by atoms with van der Waals surface area (Å²) in [4.78, 5) is 4.71. The van der Waals surface area contributed by atoms with Crippen LogP contribution in [0.5, 0.6) is 0 Å². The van der Waals surface area contributed by atoms with Crippen molar-refractivity contribution in [1.29, 1.82) is 0 Å². The van der Waals surface area contributed by atoms with Gasteiger partial charge >= 0.3 is 0 Å². The van der Waals surface area contributed by atoms with Crippen molar-refractivity contribution < 1.29 is 8.10 Å². The maximum atomic E-state index is 4.71. The molecule has 0 amide bonds. The minimum Gasteiger partial charge on any atom is -0.320 e. The van der Waals surface area contributed by atoms with Crippen LogP contribution in [-0.2, 0) is 8.10 Å². The molecule has 0 aromatic heterocycles.